The molecule has 344 valence electrons. The minimum absolute atomic E-state index is 0.0249. The molecule has 0 saturated carbocycles. The van der Waals surface area contributed by atoms with Gasteiger partial charge in [-0.15, -0.1) is 0 Å². The number of hydrogen-bond donors (Lipinski definition) is 0. The lowest BCUT2D eigenvalue weighted by atomic mass is 10.1. The Bertz CT molecular complexity index is 1760. The van der Waals surface area contributed by atoms with E-state index in [9.17, 15) is 43.2 Å². The van der Waals surface area contributed by atoms with Gasteiger partial charge < -0.3 is 42.6 Å². The lowest BCUT2D eigenvalue weighted by Gasteiger charge is -2.19. The summed E-state index contributed by atoms with van der Waals surface area (Å²) in [5, 5.41) is 0. The molecular weight excluding hydrogens is 828 g/mol. The van der Waals surface area contributed by atoms with Crippen LogP contribution in [0.2, 0.25) is 0 Å². The molecule has 0 aliphatic rings. The van der Waals surface area contributed by atoms with Gasteiger partial charge in [0.2, 0.25) is 0 Å². The first kappa shape index (κ1) is 53.9. The normalized spacial score (nSPS) is 11.6. The smallest absolute Gasteiger partial charge is 0.338 e. The first-order valence-electron chi connectivity index (χ1n) is 19.6. The Kier molecular flexibility index (Phi) is 24.3. The molecule has 1 aromatic carbocycles. The fourth-order valence-electron chi connectivity index (χ4n) is 3.72. The molecule has 0 heterocycles. The van der Waals surface area contributed by atoms with E-state index in [0.29, 0.717) is 6.90 Å². The highest BCUT2D eigenvalue weighted by Gasteiger charge is 2.26. The van der Waals surface area contributed by atoms with Gasteiger partial charge in [-0.1, -0.05) is 59.7 Å². The van der Waals surface area contributed by atoms with Gasteiger partial charge in [-0.25, -0.2) is 43.2 Å². The maximum Gasteiger partial charge on any atom is 0.338 e. The number of rotatable bonds is 24. The van der Waals surface area contributed by atoms with E-state index in [1.165, 1.54) is 41.5 Å². The van der Waals surface area contributed by atoms with Crippen LogP contribution in [-0.2, 0) is 71.4 Å². The lowest BCUT2D eigenvalue weighted by Crippen LogP contribution is -2.32. The number of benzene rings is 1. The van der Waals surface area contributed by atoms with Gasteiger partial charge in [0.05, 0.1) is 16.7 Å². The van der Waals surface area contributed by atoms with Crippen molar-refractivity contribution in [2.75, 3.05) is 39.6 Å². The Balaban J connectivity index is 0.00000948. The average Bonchev–Trinajstić information content (AvgIpc) is 3.24. The summed E-state index contributed by atoms with van der Waals surface area (Å²) in [5.41, 5.74) is -1.36. The quantitative estimate of drug-likeness (QED) is 0.0718. The molecule has 0 fully saturated rings. The molecule has 1 aromatic rings. The van der Waals surface area contributed by atoms with Gasteiger partial charge in [-0.3, -0.25) is 0 Å². The average molecular weight is 887 g/mol. The summed E-state index contributed by atoms with van der Waals surface area (Å²) < 4.78 is 53.1. The summed E-state index contributed by atoms with van der Waals surface area (Å²) in [4.78, 5) is 113. The summed E-state index contributed by atoms with van der Waals surface area (Å²) in [6.07, 6.45) is -3.07. The van der Waals surface area contributed by atoms with Crippen molar-refractivity contribution in [3.8, 4) is 0 Å². The molecular formula is C45H56O18. The van der Waals surface area contributed by atoms with Crippen molar-refractivity contribution in [2.24, 2.45) is 0 Å². The molecule has 0 aromatic heterocycles. The van der Waals surface area contributed by atoms with Crippen molar-refractivity contribution in [3.05, 3.63) is 108 Å². The van der Waals surface area contributed by atoms with Crippen LogP contribution in [0, 0.1) is 0 Å². The minimum Gasteiger partial charge on any atom is -0.458 e. The van der Waals surface area contributed by atoms with Gasteiger partial charge in [0, 0.05) is 34.8 Å². The second kappa shape index (κ2) is 28.4. The van der Waals surface area contributed by atoms with Crippen LogP contribution in [0.5, 0.6) is 0 Å². The van der Waals surface area contributed by atoms with Crippen LogP contribution in [0.3, 0.4) is 0 Å². The Morgan fingerprint density at radius 1 is 0.413 bits per heavy atom. The van der Waals surface area contributed by atoms with E-state index in [2.05, 4.69) is 39.5 Å². The third kappa shape index (κ3) is 22.3. The highest BCUT2D eigenvalue weighted by Crippen LogP contribution is 2.17. The lowest BCUT2D eigenvalue weighted by molar-refractivity contribution is -0.156. The Hall–Kier alpha value is -7.11. The fraction of sp³-hybridized carbons (Fsp3) is 0.400. The third-order valence-corrected chi connectivity index (χ3v) is 6.95. The molecule has 18 heteroatoms. The predicted octanol–water partition coefficient (Wildman–Crippen LogP) is 5.39. The van der Waals surface area contributed by atoms with E-state index >= 15 is 0 Å². The van der Waals surface area contributed by atoms with Gasteiger partial charge in [-0.2, -0.15) is 0 Å². The van der Waals surface area contributed by atoms with Crippen molar-refractivity contribution in [1.29, 1.82) is 0 Å². The summed E-state index contributed by atoms with van der Waals surface area (Å²) in [7, 11) is 0. The molecule has 0 spiro atoms. The van der Waals surface area contributed by atoms with E-state index in [0.717, 1.165) is 24.6 Å². The first-order valence-corrected chi connectivity index (χ1v) is 18.9. The van der Waals surface area contributed by atoms with Gasteiger partial charge in [0.25, 0.3) is 0 Å². The molecule has 3 atom stereocenters. The summed E-state index contributed by atoms with van der Waals surface area (Å²) in [6, 6.07) is 2.88. The maximum absolute atomic E-state index is 13.4. The topological polar surface area (TPSA) is 237 Å². The highest BCUT2D eigenvalue weighted by atomic mass is 16.6. The van der Waals surface area contributed by atoms with E-state index < -0.39 is 128 Å². The summed E-state index contributed by atoms with van der Waals surface area (Å²) in [5.74, 6) is -8.78. The van der Waals surface area contributed by atoms with Crippen LogP contribution in [0.15, 0.2) is 91.1 Å². The number of carbonyl (C=O) groups excluding carboxylic acids is 9. The summed E-state index contributed by atoms with van der Waals surface area (Å²) >= 11 is 0. The SMILES string of the molecule is C=C(C)C(=O)OCC(COC(=O)c1cc(C(=O)OCC(COC(=O)C(=C)C)OC(=O)C(=C)C)cc(C(=O)OCC(COC(=O)C(=C)C)OC(=O)C(=C)C)c1)OC(=O)C(=C)C.[3H]CCC. The second-order valence-electron chi connectivity index (χ2n) is 13.7. The number of carbonyl (C=O) groups is 9. The zero-order valence-electron chi connectivity index (χ0n) is 37.7. The molecule has 0 aliphatic heterocycles. The monoisotopic (exact) mass is 886 g/mol. The van der Waals surface area contributed by atoms with Crippen molar-refractivity contribution in [1.82, 2.24) is 0 Å². The predicted molar refractivity (Wildman–Crippen MR) is 225 cm³/mol. The largest absolute Gasteiger partial charge is 0.458 e. The van der Waals surface area contributed by atoms with E-state index in [1.807, 2.05) is 6.92 Å². The molecule has 0 N–H and O–H groups in total. The number of hydrogen-bond acceptors (Lipinski definition) is 18. The Morgan fingerprint density at radius 2 is 0.603 bits per heavy atom. The fourth-order valence-corrected chi connectivity index (χ4v) is 3.72. The van der Waals surface area contributed by atoms with Crippen LogP contribution in [0.4, 0.5) is 0 Å². The molecule has 3 unspecified atom stereocenters. The first-order chi connectivity index (χ1) is 29.8. The number of ether oxygens (including phenoxy) is 9. The van der Waals surface area contributed by atoms with Crippen LogP contribution < -0.4 is 0 Å². The molecule has 0 bridgehead atoms. The molecule has 18 nitrogen and oxygen atoms in total. The molecule has 0 saturated heterocycles. The van der Waals surface area contributed by atoms with Crippen LogP contribution in [0.1, 0.15) is 94.2 Å². The third-order valence-electron chi connectivity index (χ3n) is 6.95. The number of esters is 9. The van der Waals surface area contributed by atoms with E-state index in [4.69, 9.17) is 44.0 Å². The van der Waals surface area contributed by atoms with E-state index in [-0.39, 0.29) is 33.4 Å². The van der Waals surface area contributed by atoms with Gasteiger partial charge in [-0.05, 0) is 59.7 Å². The molecule has 0 aliphatic carbocycles. The zero-order chi connectivity index (χ0) is 49.3. The minimum atomic E-state index is -1.35. The van der Waals surface area contributed by atoms with Gasteiger partial charge in [0.15, 0.2) is 18.3 Å². The van der Waals surface area contributed by atoms with Crippen LogP contribution in [0.25, 0.3) is 0 Å². The van der Waals surface area contributed by atoms with Crippen molar-refractivity contribution in [3.63, 3.8) is 0 Å². The Morgan fingerprint density at radius 3 is 0.778 bits per heavy atom. The highest BCUT2D eigenvalue weighted by molar-refractivity contribution is 6.00. The van der Waals surface area contributed by atoms with E-state index in [1.54, 1.807) is 0 Å². The van der Waals surface area contributed by atoms with Crippen molar-refractivity contribution >= 4 is 53.7 Å². The maximum atomic E-state index is 13.4. The summed E-state index contributed by atoms with van der Waals surface area (Å²) in [6.45, 7) is 27.7. The zero-order valence-corrected chi connectivity index (χ0v) is 36.7. The van der Waals surface area contributed by atoms with Crippen molar-refractivity contribution < 1.29 is 87.2 Å². The van der Waals surface area contributed by atoms with Gasteiger partial charge in [0.1, 0.15) is 39.6 Å². The van der Waals surface area contributed by atoms with Gasteiger partial charge >= 0.3 is 53.7 Å². The standard InChI is InChI=1S/C42H48O18.C3H8/c1-22(2)34(43)52-16-31(58-37(46)25(7)8)19-55-40(49)28-13-29(41(50)56-20-32(59-38(47)26(9)10)17-53-35(44)23(3)4)15-30(14-28)42(51)57-21-33(60-39(48)27(11)12)18-54-36(45)24(5)6;1-3-2/h13-15,31-33H,1,3,5,7,9,11,16-21H2,2,4,6,8,10,12H3;3H2,1-2H3/i;1T. The molecule has 1 rings (SSSR count). The molecule has 63 heavy (non-hydrogen) atoms. The second-order valence-corrected chi connectivity index (χ2v) is 13.7. The van der Waals surface area contributed by atoms with Crippen molar-refractivity contribution in [2.45, 2.75) is 80.1 Å². The van der Waals surface area contributed by atoms with Crippen LogP contribution >= 0.6 is 0 Å². The molecule has 0 radical (unpaired) electrons. The Labute approximate surface area is 367 Å². The van der Waals surface area contributed by atoms with Crippen LogP contribution in [-0.4, -0.2) is 112 Å². The molecule has 0 amide bonds.